The molecule has 0 aliphatic carbocycles. The minimum Gasteiger partial charge on any atom is -0.394 e. The Kier molecular flexibility index (Phi) is 5.24. The zero-order valence-electron chi connectivity index (χ0n) is 14.1. The standard InChI is InChI=1S/C19H22O5S/c1-2-25(21,22)14-19(23-13-18(12-20)24-19)17-10-8-16(9-11-17)15-6-4-3-5-7-15/h3-11,18,20H,2,12-14H2,1H3/t18-,19+/m1/s1. The molecule has 0 saturated carbocycles. The molecule has 0 amide bonds. The summed E-state index contributed by atoms with van der Waals surface area (Å²) in [7, 11) is -3.34. The second-order valence-electron chi connectivity index (χ2n) is 6.11. The van der Waals surface area contributed by atoms with Gasteiger partial charge in [-0.15, -0.1) is 0 Å². The first-order valence-electron chi connectivity index (χ1n) is 8.27. The largest absolute Gasteiger partial charge is 0.394 e. The van der Waals surface area contributed by atoms with Crippen LogP contribution in [0.4, 0.5) is 0 Å². The molecule has 1 aliphatic rings. The molecule has 2 aromatic rings. The zero-order chi connectivity index (χ0) is 17.9. The van der Waals surface area contributed by atoms with Crippen LogP contribution in [0.5, 0.6) is 0 Å². The number of sulfone groups is 1. The molecule has 1 fully saturated rings. The lowest BCUT2D eigenvalue weighted by atomic mass is 10.0. The molecule has 1 heterocycles. The first-order chi connectivity index (χ1) is 12.0. The van der Waals surface area contributed by atoms with Crippen LogP contribution >= 0.6 is 0 Å². The van der Waals surface area contributed by atoms with Gasteiger partial charge in [-0.2, -0.15) is 0 Å². The molecule has 0 bridgehead atoms. The van der Waals surface area contributed by atoms with Crippen LogP contribution in [0.1, 0.15) is 12.5 Å². The normalized spacial score (nSPS) is 23.7. The van der Waals surface area contributed by atoms with E-state index in [4.69, 9.17) is 9.47 Å². The maximum atomic E-state index is 12.2. The van der Waals surface area contributed by atoms with Gasteiger partial charge in [-0.05, 0) is 11.1 Å². The fourth-order valence-corrected chi connectivity index (χ4v) is 4.01. The van der Waals surface area contributed by atoms with Gasteiger partial charge < -0.3 is 14.6 Å². The van der Waals surface area contributed by atoms with E-state index in [0.29, 0.717) is 5.56 Å². The molecular formula is C19H22O5S. The van der Waals surface area contributed by atoms with Crippen molar-refractivity contribution in [3.05, 3.63) is 60.2 Å². The van der Waals surface area contributed by atoms with Gasteiger partial charge >= 0.3 is 0 Å². The Morgan fingerprint density at radius 1 is 1.08 bits per heavy atom. The molecule has 0 aromatic heterocycles. The Balaban J connectivity index is 1.94. The highest BCUT2D eigenvalue weighted by Gasteiger charge is 2.46. The van der Waals surface area contributed by atoms with E-state index in [2.05, 4.69) is 0 Å². The lowest BCUT2D eigenvalue weighted by Crippen LogP contribution is -2.37. The van der Waals surface area contributed by atoms with Crippen molar-refractivity contribution < 1.29 is 23.0 Å². The number of hydrogen-bond donors (Lipinski definition) is 1. The van der Waals surface area contributed by atoms with E-state index >= 15 is 0 Å². The number of aliphatic hydroxyl groups excluding tert-OH is 1. The molecule has 5 nitrogen and oxygen atoms in total. The predicted octanol–water partition coefficient (Wildman–Crippen LogP) is 2.35. The Hall–Kier alpha value is -1.73. The summed E-state index contributed by atoms with van der Waals surface area (Å²) in [6, 6.07) is 17.4. The number of aliphatic hydroxyl groups is 1. The first-order valence-corrected chi connectivity index (χ1v) is 10.1. The van der Waals surface area contributed by atoms with Crippen LogP contribution in [0.15, 0.2) is 54.6 Å². The lowest BCUT2D eigenvalue weighted by Gasteiger charge is -2.28. The maximum Gasteiger partial charge on any atom is 0.209 e. The van der Waals surface area contributed by atoms with Crippen LogP contribution in [0, 0.1) is 0 Å². The van der Waals surface area contributed by atoms with Crippen LogP contribution in [0.3, 0.4) is 0 Å². The van der Waals surface area contributed by atoms with E-state index in [0.717, 1.165) is 11.1 Å². The Bertz CT molecular complexity index is 801. The van der Waals surface area contributed by atoms with Crippen molar-refractivity contribution in [1.29, 1.82) is 0 Å². The third-order valence-corrected chi connectivity index (χ3v) is 6.04. The molecule has 0 unspecified atom stereocenters. The highest BCUT2D eigenvalue weighted by Crippen LogP contribution is 2.36. The van der Waals surface area contributed by atoms with Crippen molar-refractivity contribution in [2.24, 2.45) is 0 Å². The predicted molar refractivity (Wildman–Crippen MR) is 95.8 cm³/mol. The number of benzene rings is 2. The molecule has 134 valence electrons. The molecule has 25 heavy (non-hydrogen) atoms. The number of ether oxygens (including phenoxy) is 2. The molecule has 3 rings (SSSR count). The van der Waals surface area contributed by atoms with Crippen LogP contribution in [-0.4, -0.2) is 44.3 Å². The van der Waals surface area contributed by atoms with Crippen LogP contribution in [0.25, 0.3) is 11.1 Å². The summed E-state index contributed by atoms with van der Waals surface area (Å²) in [5, 5.41) is 9.34. The number of rotatable bonds is 6. The van der Waals surface area contributed by atoms with Gasteiger partial charge in [-0.25, -0.2) is 8.42 Å². The van der Waals surface area contributed by atoms with Crippen molar-refractivity contribution >= 4 is 9.84 Å². The summed E-state index contributed by atoms with van der Waals surface area (Å²) in [5.74, 6) is -1.62. The smallest absolute Gasteiger partial charge is 0.209 e. The summed E-state index contributed by atoms with van der Waals surface area (Å²) in [6.07, 6.45) is -0.527. The second-order valence-corrected chi connectivity index (χ2v) is 8.46. The summed E-state index contributed by atoms with van der Waals surface area (Å²) in [6.45, 7) is 1.55. The Labute approximate surface area is 148 Å². The van der Waals surface area contributed by atoms with E-state index in [1.54, 1.807) is 6.92 Å². The highest BCUT2D eigenvalue weighted by atomic mass is 32.2. The Morgan fingerprint density at radius 2 is 1.72 bits per heavy atom. The van der Waals surface area contributed by atoms with Gasteiger partial charge in [0.05, 0.1) is 13.2 Å². The van der Waals surface area contributed by atoms with Gasteiger partial charge in [0, 0.05) is 11.3 Å². The molecule has 1 N–H and O–H groups in total. The van der Waals surface area contributed by atoms with Crippen molar-refractivity contribution in [3.8, 4) is 11.1 Å². The van der Waals surface area contributed by atoms with Gasteiger partial charge in [-0.1, -0.05) is 61.5 Å². The Morgan fingerprint density at radius 3 is 2.28 bits per heavy atom. The van der Waals surface area contributed by atoms with Gasteiger partial charge in [0.25, 0.3) is 0 Å². The second kappa shape index (κ2) is 7.25. The third kappa shape index (κ3) is 3.93. The van der Waals surface area contributed by atoms with Crippen molar-refractivity contribution in [3.63, 3.8) is 0 Å². The molecule has 2 atom stereocenters. The minimum absolute atomic E-state index is 0.00730. The topological polar surface area (TPSA) is 72.8 Å². The molecule has 0 radical (unpaired) electrons. The minimum atomic E-state index is -3.34. The van der Waals surface area contributed by atoms with Crippen LogP contribution in [0.2, 0.25) is 0 Å². The SMILES string of the molecule is CCS(=O)(=O)C[C@]1(c2ccc(-c3ccccc3)cc2)OC[C@@H](CO)O1. The maximum absolute atomic E-state index is 12.2. The van der Waals surface area contributed by atoms with Crippen molar-refractivity contribution in [2.75, 3.05) is 24.7 Å². The highest BCUT2D eigenvalue weighted by molar-refractivity contribution is 7.91. The van der Waals surface area contributed by atoms with E-state index in [1.165, 1.54) is 0 Å². The van der Waals surface area contributed by atoms with E-state index in [-0.39, 0.29) is 24.7 Å². The summed E-state index contributed by atoms with van der Waals surface area (Å²) in [5.41, 5.74) is 2.74. The van der Waals surface area contributed by atoms with Gasteiger partial charge in [0.1, 0.15) is 11.9 Å². The monoisotopic (exact) mass is 362 g/mol. The fraction of sp³-hybridized carbons (Fsp3) is 0.368. The van der Waals surface area contributed by atoms with Crippen LogP contribution in [-0.2, 0) is 25.1 Å². The van der Waals surface area contributed by atoms with E-state index in [1.807, 2.05) is 54.6 Å². The van der Waals surface area contributed by atoms with E-state index < -0.39 is 21.7 Å². The zero-order valence-corrected chi connectivity index (χ0v) is 14.9. The summed E-state index contributed by atoms with van der Waals surface area (Å²) >= 11 is 0. The molecular weight excluding hydrogens is 340 g/mol. The molecule has 2 aromatic carbocycles. The van der Waals surface area contributed by atoms with Gasteiger partial charge in [0.15, 0.2) is 9.84 Å². The fourth-order valence-electron chi connectivity index (χ4n) is 2.90. The number of hydrogen-bond acceptors (Lipinski definition) is 5. The van der Waals surface area contributed by atoms with Crippen molar-refractivity contribution in [1.82, 2.24) is 0 Å². The summed E-state index contributed by atoms with van der Waals surface area (Å²) < 4.78 is 36.0. The van der Waals surface area contributed by atoms with Crippen LogP contribution < -0.4 is 0 Å². The average Bonchev–Trinajstić information content (AvgIpc) is 3.06. The van der Waals surface area contributed by atoms with Crippen molar-refractivity contribution in [2.45, 2.75) is 18.8 Å². The van der Waals surface area contributed by atoms with E-state index in [9.17, 15) is 13.5 Å². The first kappa shape index (κ1) is 18.1. The quantitative estimate of drug-likeness (QED) is 0.854. The molecule has 1 aliphatic heterocycles. The molecule has 0 spiro atoms. The van der Waals surface area contributed by atoms with Gasteiger partial charge in [-0.3, -0.25) is 0 Å². The third-order valence-electron chi connectivity index (χ3n) is 4.34. The average molecular weight is 362 g/mol. The van der Waals surface area contributed by atoms with Gasteiger partial charge in [0.2, 0.25) is 5.79 Å². The molecule has 1 saturated heterocycles. The lowest BCUT2D eigenvalue weighted by molar-refractivity contribution is -0.162. The summed E-state index contributed by atoms with van der Waals surface area (Å²) in [4.78, 5) is 0. The molecule has 6 heteroatoms.